The van der Waals surface area contributed by atoms with Crippen LogP contribution in [0.5, 0.6) is 0 Å². The number of amides is 1. The molecule has 0 aliphatic heterocycles. The molecule has 5 nitrogen and oxygen atoms in total. The van der Waals surface area contributed by atoms with Crippen LogP contribution in [0.1, 0.15) is 5.56 Å². The minimum Gasteiger partial charge on any atom is -0.325 e. The molecule has 2 aromatic carbocycles. The zero-order chi connectivity index (χ0) is 16.9. The number of anilines is 1. The lowest BCUT2D eigenvalue weighted by molar-refractivity contribution is -0.113. The summed E-state index contributed by atoms with van der Waals surface area (Å²) in [4.78, 5) is 16.4. The molecule has 0 aliphatic carbocycles. The molecule has 0 unspecified atom stereocenters. The van der Waals surface area contributed by atoms with Gasteiger partial charge < -0.3 is 5.32 Å². The molecule has 0 fully saturated rings. The maximum absolute atomic E-state index is 13.1. The molecule has 0 saturated heterocycles. The molecular weight excluding hydrogens is 327 g/mol. The summed E-state index contributed by atoms with van der Waals surface area (Å²) in [6.45, 7) is 1.74. The minimum absolute atomic E-state index is 0.170. The highest BCUT2D eigenvalue weighted by Crippen LogP contribution is 2.20. The molecule has 0 saturated carbocycles. The van der Waals surface area contributed by atoms with Crippen LogP contribution in [0.25, 0.3) is 11.4 Å². The standard InChI is InChI=1S/C17H15FN4OS/c1-11-9-13(18)7-8-14(11)19-15(23)10-24-17-20-16(21-22-17)12-5-3-2-4-6-12/h2-9H,10H2,1H3,(H,19,23)(H,20,21,22). The van der Waals surface area contributed by atoms with Crippen LogP contribution in [-0.2, 0) is 4.79 Å². The van der Waals surface area contributed by atoms with Gasteiger partial charge in [-0.25, -0.2) is 9.37 Å². The normalized spacial score (nSPS) is 10.6. The highest BCUT2D eigenvalue weighted by molar-refractivity contribution is 7.99. The number of halogens is 1. The summed E-state index contributed by atoms with van der Waals surface area (Å²) in [5.74, 6) is 0.311. The molecule has 1 aromatic heterocycles. The van der Waals surface area contributed by atoms with Gasteiger partial charge in [-0.2, -0.15) is 0 Å². The third kappa shape index (κ3) is 3.99. The van der Waals surface area contributed by atoms with Crippen LogP contribution >= 0.6 is 11.8 Å². The van der Waals surface area contributed by atoms with Crippen molar-refractivity contribution in [1.82, 2.24) is 15.2 Å². The molecule has 1 heterocycles. The van der Waals surface area contributed by atoms with E-state index < -0.39 is 0 Å². The average molecular weight is 342 g/mol. The van der Waals surface area contributed by atoms with E-state index in [4.69, 9.17) is 0 Å². The van der Waals surface area contributed by atoms with Crippen molar-refractivity contribution in [2.75, 3.05) is 11.1 Å². The van der Waals surface area contributed by atoms with Gasteiger partial charge in [0, 0.05) is 11.3 Å². The van der Waals surface area contributed by atoms with Gasteiger partial charge in [-0.3, -0.25) is 9.89 Å². The van der Waals surface area contributed by atoms with Crippen molar-refractivity contribution in [2.24, 2.45) is 0 Å². The molecule has 0 aliphatic rings. The van der Waals surface area contributed by atoms with Crippen LogP contribution in [0.4, 0.5) is 10.1 Å². The monoisotopic (exact) mass is 342 g/mol. The number of carbonyl (C=O) groups excluding carboxylic acids is 1. The lowest BCUT2D eigenvalue weighted by atomic mass is 10.2. The van der Waals surface area contributed by atoms with E-state index in [0.29, 0.717) is 22.2 Å². The van der Waals surface area contributed by atoms with Crippen LogP contribution in [0.15, 0.2) is 53.7 Å². The van der Waals surface area contributed by atoms with Gasteiger partial charge in [-0.1, -0.05) is 42.1 Å². The molecule has 122 valence electrons. The molecule has 3 rings (SSSR count). The van der Waals surface area contributed by atoms with E-state index in [1.807, 2.05) is 30.3 Å². The van der Waals surface area contributed by atoms with Crippen LogP contribution in [-0.4, -0.2) is 26.8 Å². The Balaban J connectivity index is 1.58. The van der Waals surface area contributed by atoms with Gasteiger partial charge in [-0.15, -0.1) is 5.10 Å². The lowest BCUT2D eigenvalue weighted by Crippen LogP contribution is -2.15. The number of nitrogens with one attached hydrogen (secondary N) is 2. The maximum atomic E-state index is 13.1. The Morgan fingerprint density at radius 2 is 2.04 bits per heavy atom. The first-order valence-corrected chi connectivity index (χ1v) is 8.27. The molecule has 7 heteroatoms. The van der Waals surface area contributed by atoms with Gasteiger partial charge in [0.05, 0.1) is 5.75 Å². The number of hydrogen-bond acceptors (Lipinski definition) is 4. The summed E-state index contributed by atoms with van der Waals surface area (Å²) in [5, 5.41) is 10.2. The molecule has 2 N–H and O–H groups in total. The van der Waals surface area contributed by atoms with E-state index in [2.05, 4.69) is 20.5 Å². The number of hydrogen-bond donors (Lipinski definition) is 2. The second kappa shape index (κ2) is 7.27. The number of aromatic amines is 1. The quantitative estimate of drug-likeness (QED) is 0.694. The van der Waals surface area contributed by atoms with Gasteiger partial charge in [0.1, 0.15) is 5.82 Å². The van der Waals surface area contributed by atoms with Gasteiger partial charge in [0.2, 0.25) is 11.1 Å². The Kier molecular flexibility index (Phi) is 4.90. The molecule has 0 radical (unpaired) electrons. The fourth-order valence-corrected chi connectivity index (χ4v) is 2.72. The first-order valence-electron chi connectivity index (χ1n) is 7.28. The first kappa shape index (κ1) is 16.2. The van der Waals surface area contributed by atoms with Crippen molar-refractivity contribution in [3.05, 3.63) is 59.9 Å². The largest absolute Gasteiger partial charge is 0.325 e. The van der Waals surface area contributed by atoms with Crippen LogP contribution < -0.4 is 5.32 Å². The van der Waals surface area contributed by atoms with Gasteiger partial charge >= 0.3 is 0 Å². The van der Waals surface area contributed by atoms with E-state index in [1.165, 1.54) is 23.9 Å². The van der Waals surface area contributed by atoms with Gasteiger partial charge in [-0.05, 0) is 30.7 Å². The van der Waals surface area contributed by atoms with Crippen molar-refractivity contribution in [3.63, 3.8) is 0 Å². The van der Waals surface area contributed by atoms with E-state index >= 15 is 0 Å². The number of thioether (sulfide) groups is 1. The molecule has 0 bridgehead atoms. The van der Waals surface area contributed by atoms with Crippen molar-refractivity contribution >= 4 is 23.4 Å². The Morgan fingerprint density at radius 1 is 1.25 bits per heavy atom. The Hall–Kier alpha value is -2.67. The minimum atomic E-state index is -0.325. The highest BCUT2D eigenvalue weighted by atomic mass is 32.2. The summed E-state index contributed by atoms with van der Waals surface area (Å²) in [6, 6.07) is 13.9. The molecule has 0 atom stereocenters. The summed E-state index contributed by atoms with van der Waals surface area (Å²) >= 11 is 1.23. The lowest BCUT2D eigenvalue weighted by Gasteiger charge is -2.07. The number of aryl methyl sites for hydroxylation is 1. The third-order valence-corrected chi connectivity index (χ3v) is 4.15. The van der Waals surface area contributed by atoms with Crippen molar-refractivity contribution < 1.29 is 9.18 Å². The number of rotatable bonds is 5. The van der Waals surface area contributed by atoms with Crippen LogP contribution in [0.3, 0.4) is 0 Å². The summed E-state index contributed by atoms with van der Waals surface area (Å²) in [6.07, 6.45) is 0. The number of aromatic nitrogens is 3. The predicted molar refractivity (Wildman–Crippen MR) is 92.3 cm³/mol. The molecule has 3 aromatic rings. The Morgan fingerprint density at radius 3 is 2.79 bits per heavy atom. The molecule has 0 spiro atoms. The highest BCUT2D eigenvalue weighted by Gasteiger charge is 2.10. The van der Waals surface area contributed by atoms with Crippen molar-refractivity contribution in [3.8, 4) is 11.4 Å². The zero-order valence-corrected chi connectivity index (χ0v) is 13.7. The zero-order valence-electron chi connectivity index (χ0n) is 12.9. The second-order valence-corrected chi connectivity index (χ2v) is 6.07. The summed E-state index contributed by atoms with van der Waals surface area (Å²) in [5.41, 5.74) is 2.21. The van der Waals surface area contributed by atoms with Crippen LogP contribution in [0.2, 0.25) is 0 Å². The van der Waals surface area contributed by atoms with Gasteiger partial charge in [0.15, 0.2) is 5.82 Å². The number of H-pyrrole nitrogens is 1. The number of carbonyl (C=O) groups is 1. The maximum Gasteiger partial charge on any atom is 0.234 e. The van der Waals surface area contributed by atoms with E-state index in [0.717, 1.165) is 5.56 Å². The fraction of sp³-hybridized carbons (Fsp3) is 0.118. The van der Waals surface area contributed by atoms with E-state index in [1.54, 1.807) is 13.0 Å². The van der Waals surface area contributed by atoms with E-state index in [-0.39, 0.29) is 17.5 Å². The number of nitrogens with zero attached hydrogens (tertiary/aromatic N) is 2. The van der Waals surface area contributed by atoms with Gasteiger partial charge in [0.25, 0.3) is 0 Å². The molecule has 24 heavy (non-hydrogen) atoms. The predicted octanol–water partition coefficient (Wildman–Crippen LogP) is 3.65. The van der Waals surface area contributed by atoms with Crippen molar-refractivity contribution in [1.29, 1.82) is 0 Å². The second-order valence-electron chi connectivity index (χ2n) is 5.13. The van der Waals surface area contributed by atoms with Crippen molar-refractivity contribution in [2.45, 2.75) is 12.1 Å². The Bertz CT molecular complexity index is 851. The SMILES string of the molecule is Cc1cc(F)ccc1NC(=O)CSc1n[nH]c(-c2ccccc2)n1. The average Bonchev–Trinajstić information content (AvgIpc) is 3.05. The summed E-state index contributed by atoms with van der Waals surface area (Å²) in [7, 11) is 0. The summed E-state index contributed by atoms with van der Waals surface area (Å²) < 4.78 is 13.1. The smallest absolute Gasteiger partial charge is 0.234 e. The Labute approximate surface area is 142 Å². The molecule has 1 amide bonds. The first-order chi connectivity index (χ1) is 11.6. The van der Waals surface area contributed by atoms with Crippen LogP contribution in [0, 0.1) is 12.7 Å². The van der Waals surface area contributed by atoms with E-state index in [9.17, 15) is 9.18 Å². The number of benzene rings is 2. The topological polar surface area (TPSA) is 70.7 Å². The third-order valence-electron chi connectivity index (χ3n) is 3.31. The fourth-order valence-electron chi connectivity index (χ4n) is 2.12. The molecular formula is C17H15FN4OS.